The van der Waals surface area contributed by atoms with E-state index in [2.05, 4.69) is 0 Å². The average Bonchev–Trinajstić information content (AvgIpc) is 2.53. The number of carbonyl (C=O) groups is 1. The Balaban J connectivity index is 2.18. The van der Waals surface area contributed by atoms with Gasteiger partial charge in [-0.15, -0.1) is 0 Å². The van der Waals surface area contributed by atoms with Crippen LogP contribution in [0.25, 0.3) is 0 Å². The topological polar surface area (TPSA) is 69.4 Å². The molecule has 0 saturated carbocycles. The van der Waals surface area contributed by atoms with Crippen LogP contribution in [0.1, 0.15) is 23.7 Å². The first-order chi connectivity index (χ1) is 10.1. The van der Waals surface area contributed by atoms with Gasteiger partial charge in [0.1, 0.15) is 5.75 Å². The molecule has 0 radical (unpaired) electrons. The Hall–Kier alpha value is -2.69. The molecule has 0 N–H and O–H groups in total. The fourth-order valence-corrected chi connectivity index (χ4v) is 1.95. The van der Waals surface area contributed by atoms with Crippen LogP contribution in [-0.4, -0.2) is 16.8 Å². The van der Waals surface area contributed by atoms with Crippen molar-refractivity contribution in [3.63, 3.8) is 0 Å². The van der Waals surface area contributed by atoms with Crippen LogP contribution in [-0.2, 0) is 0 Å². The van der Waals surface area contributed by atoms with E-state index in [1.54, 1.807) is 30.3 Å². The van der Waals surface area contributed by atoms with Crippen molar-refractivity contribution < 1.29 is 14.5 Å². The van der Waals surface area contributed by atoms with Crippen LogP contribution in [0.15, 0.2) is 54.6 Å². The quantitative estimate of drug-likeness (QED) is 0.461. The van der Waals surface area contributed by atoms with Gasteiger partial charge in [0.25, 0.3) is 5.69 Å². The Morgan fingerprint density at radius 3 is 2.52 bits per heavy atom. The highest BCUT2D eigenvalue weighted by atomic mass is 16.6. The molecule has 0 heterocycles. The average molecular weight is 285 g/mol. The van der Waals surface area contributed by atoms with Gasteiger partial charge in [0.2, 0.25) is 5.78 Å². The largest absolute Gasteiger partial charge is 0.482 e. The second kappa shape index (κ2) is 6.65. The summed E-state index contributed by atoms with van der Waals surface area (Å²) < 4.78 is 5.62. The summed E-state index contributed by atoms with van der Waals surface area (Å²) in [6, 6.07) is 14.7. The van der Waals surface area contributed by atoms with E-state index < -0.39 is 11.0 Å². The number of ether oxygens (including phenoxy) is 1. The van der Waals surface area contributed by atoms with Crippen molar-refractivity contribution in [2.24, 2.45) is 0 Å². The highest BCUT2D eigenvalue weighted by Crippen LogP contribution is 2.22. The van der Waals surface area contributed by atoms with Gasteiger partial charge in [-0.2, -0.15) is 0 Å². The first-order valence-electron chi connectivity index (χ1n) is 6.62. The molecule has 0 spiro atoms. The van der Waals surface area contributed by atoms with Crippen molar-refractivity contribution in [2.75, 3.05) is 0 Å². The Labute approximate surface area is 122 Å². The number of nitrogens with zero attached hydrogens (tertiary/aromatic N) is 1. The SMILES string of the molecule is CCC(Oc1cccc([N+](=O)[O-])c1)C(=O)c1ccccc1. The fraction of sp³-hybridized carbons (Fsp3) is 0.188. The van der Waals surface area contributed by atoms with Crippen LogP contribution in [0.5, 0.6) is 5.75 Å². The van der Waals surface area contributed by atoms with Gasteiger partial charge in [-0.05, 0) is 12.5 Å². The Bertz CT molecular complexity index is 640. The number of benzene rings is 2. The number of hydrogen-bond acceptors (Lipinski definition) is 4. The van der Waals surface area contributed by atoms with Gasteiger partial charge in [-0.3, -0.25) is 14.9 Å². The second-order valence-corrected chi connectivity index (χ2v) is 4.50. The maximum atomic E-state index is 12.3. The highest BCUT2D eigenvalue weighted by Gasteiger charge is 2.20. The van der Waals surface area contributed by atoms with Crippen molar-refractivity contribution in [3.05, 3.63) is 70.3 Å². The number of ketones is 1. The summed E-state index contributed by atoms with van der Waals surface area (Å²) in [7, 11) is 0. The van der Waals surface area contributed by atoms with Crippen LogP contribution in [0.4, 0.5) is 5.69 Å². The zero-order chi connectivity index (χ0) is 15.2. The van der Waals surface area contributed by atoms with E-state index in [1.807, 2.05) is 13.0 Å². The van der Waals surface area contributed by atoms with Crippen molar-refractivity contribution in [1.29, 1.82) is 0 Å². The van der Waals surface area contributed by atoms with Gasteiger partial charge in [0, 0.05) is 11.6 Å². The fourth-order valence-electron chi connectivity index (χ4n) is 1.95. The third kappa shape index (κ3) is 3.66. The van der Waals surface area contributed by atoms with Crippen LogP contribution in [0, 0.1) is 10.1 Å². The lowest BCUT2D eigenvalue weighted by atomic mass is 10.0. The Kier molecular flexibility index (Phi) is 4.66. The summed E-state index contributed by atoms with van der Waals surface area (Å²) in [6.07, 6.45) is -0.175. The number of nitro benzene ring substituents is 1. The van der Waals surface area contributed by atoms with Crippen molar-refractivity contribution in [1.82, 2.24) is 0 Å². The third-order valence-electron chi connectivity index (χ3n) is 3.03. The van der Waals surface area contributed by atoms with Crippen LogP contribution >= 0.6 is 0 Å². The smallest absolute Gasteiger partial charge is 0.273 e. The molecule has 2 rings (SSSR count). The molecule has 0 aliphatic heterocycles. The minimum absolute atomic E-state index is 0.0606. The summed E-state index contributed by atoms with van der Waals surface area (Å²) >= 11 is 0. The van der Waals surface area contributed by atoms with Crippen LogP contribution < -0.4 is 4.74 Å². The van der Waals surface area contributed by atoms with E-state index in [0.29, 0.717) is 17.7 Å². The summed E-state index contributed by atoms with van der Waals surface area (Å²) in [5.74, 6) is 0.185. The van der Waals surface area contributed by atoms with Crippen molar-refractivity contribution in [2.45, 2.75) is 19.4 Å². The van der Waals surface area contributed by atoms with Crippen LogP contribution in [0.3, 0.4) is 0 Å². The number of hydrogen-bond donors (Lipinski definition) is 0. The molecule has 5 nitrogen and oxygen atoms in total. The van der Waals surface area contributed by atoms with Crippen molar-refractivity contribution >= 4 is 11.5 Å². The lowest BCUT2D eigenvalue weighted by Crippen LogP contribution is -2.26. The van der Waals surface area contributed by atoms with E-state index in [4.69, 9.17) is 4.74 Å². The molecule has 0 fully saturated rings. The third-order valence-corrected chi connectivity index (χ3v) is 3.03. The number of carbonyl (C=O) groups excluding carboxylic acids is 1. The summed E-state index contributed by atoms with van der Waals surface area (Å²) in [5.41, 5.74) is 0.504. The molecule has 0 aliphatic rings. The highest BCUT2D eigenvalue weighted by molar-refractivity contribution is 5.99. The van der Waals surface area contributed by atoms with E-state index in [-0.39, 0.29) is 11.5 Å². The predicted molar refractivity (Wildman–Crippen MR) is 78.6 cm³/mol. The summed E-state index contributed by atoms with van der Waals surface area (Å²) in [5, 5.41) is 10.7. The van der Waals surface area contributed by atoms with E-state index >= 15 is 0 Å². The molecule has 21 heavy (non-hydrogen) atoms. The number of rotatable bonds is 6. The molecular weight excluding hydrogens is 270 g/mol. The first kappa shape index (κ1) is 14.7. The zero-order valence-electron chi connectivity index (χ0n) is 11.6. The first-order valence-corrected chi connectivity index (χ1v) is 6.62. The molecule has 0 bridgehead atoms. The number of non-ortho nitro benzene ring substituents is 1. The predicted octanol–water partition coefficient (Wildman–Crippen LogP) is 3.64. The van der Waals surface area contributed by atoms with E-state index in [0.717, 1.165) is 0 Å². The second-order valence-electron chi connectivity index (χ2n) is 4.50. The lowest BCUT2D eigenvalue weighted by Gasteiger charge is -2.16. The molecule has 0 saturated heterocycles. The van der Waals surface area contributed by atoms with E-state index in [9.17, 15) is 14.9 Å². The molecule has 1 unspecified atom stereocenters. The summed E-state index contributed by atoms with van der Waals surface area (Å²) in [4.78, 5) is 22.6. The van der Waals surface area contributed by atoms with Gasteiger partial charge in [-0.1, -0.05) is 43.3 Å². The molecule has 2 aromatic carbocycles. The standard InChI is InChI=1S/C16H15NO4/c1-2-15(16(18)12-7-4-3-5-8-12)21-14-10-6-9-13(11-14)17(19)20/h3-11,15H,2H2,1H3. The minimum Gasteiger partial charge on any atom is -0.482 e. The monoisotopic (exact) mass is 285 g/mol. The molecule has 108 valence electrons. The van der Waals surface area contributed by atoms with Gasteiger partial charge in [0.15, 0.2) is 6.10 Å². The molecule has 5 heteroatoms. The van der Waals surface area contributed by atoms with E-state index in [1.165, 1.54) is 18.2 Å². The Morgan fingerprint density at radius 1 is 1.19 bits per heavy atom. The molecule has 0 aromatic heterocycles. The van der Waals surface area contributed by atoms with Gasteiger partial charge in [-0.25, -0.2) is 0 Å². The normalized spacial score (nSPS) is 11.7. The lowest BCUT2D eigenvalue weighted by molar-refractivity contribution is -0.384. The Morgan fingerprint density at radius 2 is 1.90 bits per heavy atom. The van der Waals surface area contributed by atoms with Crippen molar-refractivity contribution in [3.8, 4) is 5.75 Å². The number of Topliss-reactive ketones (excluding diaryl/α,β-unsaturated/α-hetero) is 1. The molecule has 0 aliphatic carbocycles. The zero-order valence-corrected chi connectivity index (χ0v) is 11.6. The van der Waals surface area contributed by atoms with Gasteiger partial charge >= 0.3 is 0 Å². The summed E-state index contributed by atoms with van der Waals surface area (Å²) in [6.45, 7) is 1.84. The van der Waals surface area contributed by atoms with Crippen LogP contribution in [0.2, 0.25) is 0 Å². The molecule has 0 amide bonds. The minimum atomic E-state index is -0.658. The van der Waals surface area contributed by atoms with Gasteiger partial charge in [0.05, 0.1) is 11.0 Å². The maximum absolute atomic E-state index is 12.3. The molecular formula is C16H15NO4. The number of nitro groups is 1. The molecule has 2 aromatic rings. The maximum Gasteiger partial charge on any atom is 0.273 e. The molecule has 1 atom stereocenters. The van der Waals surface area contributed by atoms with Gasteiger partial charge < -0.3 is 4.74 Å².